The number of hydrogen-bond donors (Lipinski definition) is 0. The minimum atomic E-state index is 0.523. The fourth-order valence-electron chi connectivity index (χ4n) is 6.50. The average Bonchev–Trinajstić information content (AvgIpc) is 3.03. The first-order valence-corrected chi connectivity index (χ1v) is 20.4. The van der Waals surface area contributed by atoms with Gasteiger partial charge in [0.2, 0.25) is 0 Å². The summed E-state index contributed by atoms with van der Waals surface area (Å²) in [5.41, 5.74) is 0. The Morgan fingerprint density at radius 3 is 0.628 bits per heavy atom. The molecule has 0 aromatic heterocycles. The van der Waals surface area contributed by atoms with E-state index in [0.29, 0.717) is 12.2 Å². The highest BCUT2D eigenvalue weighted by Crippen LogP contribution is 2.23. The molecule has 0 saturated carbocycles. The first-order chi connectivity index (χ1) is 21.3. The Kier molecular flexibility index (Phi) is 43.5. The molecule has 0 bridgehead atoms. The van der Waals surface area contributed by atoms with Crippen molar-refractivity contribution in [2.24, 2.45) is 0 Å². The van der Waals surface area contributed by atoms with E-state index in [2.05, 4.69) is 40.9 Å². The molecule has 2 unspecified atom stereocenters. The second kappa shape index (κ2) is 41.7. The monoisotopic (exact) mass is 607 g/mol. The zero-order valence-corrected chi connectivity index (χ0v) is 31.0. The van der Waals surface area contributed by atoms with Crippen LogP contribution >= 0.6 is 0 Å². The van der Waals surface area contributed by atoms with E-state index in [1.54, 1.807) is 0 Å². The van der Waals surface area contributed by atoms with Gasteiger partial charge in [-0.3, -0.25) is 0 Å². The van der Waals surface area contributed by atoms with Gasteiger partial charge in [0.05, 0.1) is 12.2 Å². The molecule has 43 heavy (non-hydrogen) atoms. The second-order valence-corrected chi connectivity index (χ2v) is 13.7. The minimum Gasteiger partial charge on any atom is -0.375 e. The molecular weight excluding hydrogens is 520 g/mol. The Morgan fingerprint density at radius 2 is 0.442 bits per heavy atom. The maximum atomic E-state index is 7.05. The predicted molar refractivity (Wildman–Crippen MR) is 200 cm³/mol. The van der Waals surface area contributed by atoms with Crippen molar-refractivity contribution in [3.8, 4) is 0 Å². The number of rotatable bonds is 36. The Morgan fingerprint density at radius 1 is 0.279 bits per heavy atom. The summed E-state index contributed by atoms with van der Waals surface area (Å²) in [7, 11) is 0. The molecule has 0 radical (unpaired) electrons. The standard InChI is InChI=1S/C40H82O.C2H4/c1-5-9-13-17-21-23-25-29-33-37-39(35-31-27-19-15-11-7-3)41-40(36-32-28-20-16-12-8-4)38-34-30-26-24-22-18-14-10-6-2;1-2/h39-40H,5-38H2,1-4H3;1-2H2. The van der Waals surface area contributed by atoms with Crippen molar-refractivity contribution in [2.75, 3.05) is 0 Å². The summed E-state index contributed by atoms with van der Waals surface area (Å²) < 4.78 is 7.05. The van der Waals surface area contributed by atoms with E-state index in [0.717, 1.165) is 0 Å². The van der Waals surface area contributed by atoms with Crippen LogP contribution in [0.5, 0.6) is 0 Å². The summed E-state index contributed by atoms with van der Waals surface area (Å²) >= 11 is 0. The zero-order valence-electron chi connectivity index (χ0n) is 31.0. The normalized spacial score (nSPS) is 12.7. The van der Waals surface area contributed by atoms with E-state index < -0.39 is 0 Å². The Labute approximate surface area is 275 Å². The molecule has 0 aliphatic heterocycles. The van der Waals surface area contributed by atoms with Crippen LogP contribution in [0.3, 0.4) is 0 Å². The van der Waals surface area contributed by atoms with Gasteiger partial charge in [-0.25, -0.2) is 0 Å². The van der Waals surface area contributed by atoms with Crippen LogP contribution in [0, 0.1) is 0 Å². The molecule has 260 valence electrons. The fraction of sp³-hybridized carbons (Fsp3) is 0.952. The molecule has 0 fully saturated rings. The summed E-state index contributed by atoms with van der Waals surface area (Å²) in [6, 6.07) is 0. The van der Waals surface area contributed by atoms with Crippen LogP contribution < -0.4 is 0 Å². The molecule has 0 aliphatic rings. The third-order valence-corrected chi connectivity index (χ3v) is 9.40. The van der Waals surface area contributed by atoms with E-state index in [1.165, 1.54) is 218 Å². The molecule has 0 aliphatic carbocycles. The van der Waals surface area contributed by atoms with Crippen molar-refractivity contribution in [1.82, 2.24) is 0 Å². The molecule has 1 nitrogen and oxygen atoms in total. The molecular formula is C42H86O. The highest BCUT2D eigenvalue weighted by Gasteiger charge is 2.17. The average molecular weight is 607 g/mol. The van der Waals surface area contributed by atoms with Gasteiger partial charge < -0.3 is 4.74 Å². The Hall–Kier alpha value is -0.300. The zero-order chi connectivity index (χ0) is 31.9. The summed E-state index contributed by atoms with van der Waals surface area (Å²) in [5, 5.41) is 0. The number of hydrogen-bond acceptors (Lipinski definition) is 1. The summed E-state index contributed by atoms with van der Waals surface area (Å²) in [6.07, 6.45) is 48.8. The smallest absolute Gasteiger partial charge is 0.0578 e. The molecule has 0 heterocycles. The lowest BCUT2D eigenvalue weighted by Crippen LogP contribution is -2.23. The van der Waals surface area contributed by atoms with Gasteiger partial charge >= 0.3 is 0 Å². The third-order valence-electron chi connectivity index (χ3n) is 9.40. The molecule has 0 spiro atoms. The largest absolute Gasteiger partial charge is 0.375 e. The van der Waals surface area contributed by atoms with Gasteiger partial charge in [-0.1, -0.05) is 220 Å². The van der Waals surface area contributed by atoms with Gasteiger partial charge in [0.15, 0.2) is 0 Å². The van der Waals surface area contributed by atoms with Crippen LogP contribution in [0.15, 0.2) is 13.2 Å². The first-order valence-electron chi connectivity index (χ1n) is 20.4. The molecule has 1 heteroatoms. The first kappa shape index (κ1) is 44.8. The van der Waals surface area contributed by atoms with Crippen molar-refractivity contribution in [3.63, 3.8) is 0 Å². The Balaban J connectivity index is 0. The molecule has 0 amide bonds. The van der Waals surface area contributed by atoms with Crippen molar-refractivity contribution in [3.05, 3.63) is 13.2 Å². The quantitative estimate of drug-likeness (QED) is 0.0509. The van der Waals surface area contributed by atoms with Crippen molar-refractivity contribution >= 4 is 0 Å². The topological polar surface area (TPSA) is 9.23 Å². The fourth-order valence-corrected chi connectivity index (χ4v) is 6.50. The molecule has 0 saturated heterocycles. The lowest BCUT2D eigenvalue weighted by molar-refractivity contribution is -0.0324. The van der Waals surface area contributed by atoms with Gasteiger partial charge in [-0.05, 0) is 25.7 Å². The van der Waals surface area contributed by atoms with Crippen LogP contribution in [0.2, 0.25) is 0 Å². The SMILES string of the molecule is C=C.CCCCCCCCCCCC(CCCCCCCC)OC(CCCCCCCC)CCCCCCCCCCC. The maximum Gasteiger partial charge on any atom is 0.0578 e. The van der Waals surface area contributed by atoms with Gasteiger partial charge in [0, 0.05) is 0 Å². The predicted octanol–water partition coefficient (Wildman–Crippen LogP) is 15.9. The third kappa shape index (κ3) is 37.8. The van der Waals surface area contributed by atoms with Crippen LogP contribution in [-0.2, 0) is 4.74 Å². The molecule has 0 N–H and O–H groups in total. The molecule has 0 aromatic carbocycles. The van der Waals surface area contributed by atoms with Crippen LogP contribution in [-0.4, -0.2) is 12.2 Å². The van der Waals surface area contributed by atoms with Gasteiger partial charge in [-0.15, -0.1) is 13.2 Å². The van der Waals surface area contributed by atoms with Crippen LogP contribution in [0.1, 0.15) is 246 Å². The van der Waals surface area contributed by atoms with Crippen molar-refractivity contribution in [2.45, 2.75) is 258 Å². The minimum absolute atomic E-state index is 0.523. The van der Waals surface area contributed by atoms with Gasteiger partial charge in [0.25, 0.3) is 0 Å². The maximum absolute atomic E-state index is 7.05. The summed E-state index contributed by atoms with van der Waals surface area (Å²) in [5.74, 6) is 0. The van der Waals surface area contributed by atoms with Gasteiger partial charge in [-0.2, -0.15) is 0 Å². The summed E-state index contributed by atoms with van der Waals surface area (Å²) in [6.45, 7) is 15.3. The summed E-state index contributed by atoms with van der Waals surface area (Å²) in [4.78, 5) is 0. The highest BCUT2D eigenvalue weighted by atomic mass is 16.5. The van der Waals surface area contributed by atoms with E-state index >= 15 is 0 Å². The number of ether oxygens (including phenoxy) is 1. The van der Waals surface area contributed by atoms with Crippen molar-refractivity contribution < 1.29 is 4.74 Å². The lowest BCUT2D eigenvalue weighted by Gasteiger charge is -2.26. The molecule has 2 atom stereocenters. The van der Waals surface area contributed by atoms with Crippen molar-refractivity contribution in [1.29, 1.82) is 0 Å². The van der Waals surface area contributed by atoms with E-state index in [9.17, 15) is 0 Å². The van der Waals surface area contributed by atoms with Crippen LogP contribution in [0.25, 0.3) is 0 Å². The van der Waals surface area contributed by atoms with Gasteiger partial charge in [0.1, 0.15) is 0 Å². The second-order valence-electron chi connectivity index (χ2n) is 13.7. The van der Waals surface area contributed by atoms with E-state index in [-0.39, 0.29) is 0 Å². The Bertz CT molecular complexity index is 420. The highest BCUT2D eigenvalue weighted by molar-refractivity contribution is 4.67. The molecule has 0 aromatic rings. The molecule has 0 rings (SSSR count). The lowest BCUT2D eigenvalue weighted by atomic mass is 9.99. The van der Waals surface area contributed by atoms with E-state index in [4.69, 9.17) is 4.74 Å². The van der Waals surface area contributed by atoms with Crippen LogP contribution in [0.4, 0.5) is 0 Å². The number of unbranched alkanes of at least 4 members (excludes halogenated alkanes) is 26. The van der Waals surface area contributed by atoms with E-state index in [1.807, 2.05) is 0 Å².